The number of imide groups is 1. The van der Waals surface area contributed by atoms with Crippen LogP contribution in [-0.4, -0.2) is 36.0 Å². The van der Waals surface area contributed by atoms with Gasteiger partial charge in [-0.25, -0.2) is 4.79 Å². The SMILES string of the molecule is COc1cc(OC)c([N+](=O)[O-])cc1/C=C1/NC(=O)N(Cc2cccc(C)c2)C1=O. The van der Waals surface area contributed by atoms with E-state index in [0.717, 1.165) is 16.0 Å². The van der Waals surface area contributed by atoms with Gasteiger partial charge in [-0.1, -0.05) is 29.8 Å². The number of aryl methyl sites for hydroxylation is 1. The van der Waals surface area contributed by atoms with Crippen LogP contribution in [0, 0.1) is 17.0 Å². The van der Waals surface area contributed by atoms with E-state index in [2.05, 4.69) is 5.32 Å². The van der Waals surface area contributed by atoms with E-state index in [9.17, 15) is 19.7 Å². The van der Waals surface area contributed by atoms with E-state index in [1.807, 2.05) is 31.2 Å². The van der Waals surface area contributed by atoms with Gasteiger partial charge in [-0.15, -0.1) is 0 Å². The molecule has 29 heavy (non-hydrogen) atoms. The van der Waals surface area contributed by atoms with Gasteiger partial charge in [-0.2, -0.15) is 0 Å². The van der Waals surface area contributed by atoms with Gasteiger partial charge in [0.05, 0.1) is 25.7 Å². The lowest BCUT2D eigenvalue weighted by Crippen LogP contribution is -2.30. The predicted octanol–water partition coefficient (Wildman–Crippen LogP) is 3.01. The molecule has 0 saturated carbocycles. The molecule has 0 aliphatic carbocycles. The summed E-state index contributed by atoms with van der Waals surface area (Å²) in [5, 5.41) is 13.8. The number of rotatable bonds is 6. The number of amides is 3. The van der Waals surface area contributed by atoms with Gasteiger partial charge in [-0.05, 0) is 18.6 Å². The van der Waals surface area contributed by atoms with Crippen LogP contribution in [0.25, 0.3) is 6.08 Å². The van der Waals surface area contributed by atoms with E-state index in [4.69, 9.17) is 9.47 Å². The van der Waals surface area contributed by atoms with Gasteiger partial charge in [0, 0.05) is 17.7 Å². The van der Waals surface area contributed by atoms with Crippen molar-refractivity contribution in [2.75, 3.05) is 14.2 Å². The smallest absolute Gasteiger partial charge is 0.329 e. The minimum absolute atomic E-state index is 0.000387. The molecule has 2 aromatic rings. The van der Waals surface area contributed by atoms with Crippen molar-refractivity contribution >= 4 is 23.7 Å². The Labute approximate surface area is 166 Å². The highest BCUT2D eigenvalue weighted by atomic mass is 16.6. The number of methoxy groups -OCH3 is 2. The number of nitrogens with zero attached hydrogens (tertiary/aromatic N) is 2. The summed E-state index contributed by atoms with van der Waals surface area (Å²) in [5.41, 5.74) is 1.81. The van der Waals surface area contributed by atoms with E-state index in [0.29, 0.717) is 0 Å². The summed E-state index contributed by atoms with van der Waals surface area (Å²) in [6, 6.07) is 9.50. The lowest BCUT2D eigenvalue weighted by Gasteiger charge is -2.12. The Bertz CT molecular complexity index is 1030. The van der Waals surface area contributed by atoms with E-state index in [1.54, 1.807) is 0 Å². The van der Waals surface area contributed by atoms with Crippen molar-refractivity contribution in [2.24, 2.45) is 0 Å². The van der Waals surface area contributed by atoms with Crippen molar-refractivity contribution < 1.29 is 24.0 Å². The maximum absolute atomic E-state index is 12.7. The molecule has 3 rings (SSSR count). The Morgan fingerprint density at radius 1 is 1.14 bits per heavy atom. The first-order valence-corrected chi connectivity index (χ1v) is 8.64. The highest BCUT2D eigenvalue weighted by Crippen LogP contribution is 2.35. The molecule has 0 radical (unpaired) electrons. The number of carbonyl (C=O) groups is 2. The van der Waals surface area contributed by atoms with Crippen LogP contribution in [0.3, 0.4) is 0 Å². The summed E-state index contributed by atoms with van der Waals surface area (Å²) in [4.78, 5) is 36.8. The topological polar surface area (TPSA) is 111 Å². The normalized spacial score (nSPS) is 14.9. The van der Waals surface area contributed by atoms with Crippen LogP contribution in [0.5, 0.6) is 11.5 Å². The third-order valence-electron chi connectivity index (χ3n) is 4.41. The number of benzene rings is 2. The molecule has 1 N–H and O–H groups in total. The molecule has 1 aliphatic heterocycles. The van der Waals surface area contributed by atoms with Crippen LogP contribution in [0.2, 0.25) is 0 Å². The van der Waals surface area contributed by atoms with Crippen LogP contribution < -0.4 is 14.8 Å². The van der Waals surface area contributed by atoms with Gasteiger partial charge < -0.3 is 14.8 Å². The van der Waals surface area contributed by atoms with Gasteiger partial charge in [-0.3, -0.25) is 19.8 Å². The molecule has 0 atom stereocenters. The predicted molar refractivity (Wildman–Crippen MR) is 104 cm³/mol. The van der Waals surface area contributed by atoms with Crippen molar-refractivity contribution in [1.82, 2.24) is 10.2 Å². The fourth-order valence-electron chi connectivity index (χ4n) is 3.03. The third kappa shape index (κ3) is 4.03. The molecule has 0 aromatic heterocycles. The first-order chi connectivity index (χ1) is 13.8. The quantitative estimate of drug-likeness (QED) is 0.347. The fourth-order valence-corrected chi connectivity index (χ4v) is 3.03. The van der Waals surface area contributed by atoms with Crippen molar-refractivity contribution in [3.8, 4) is 11.5 Å². The molecule has 150 valence electrons. The molecular formula is C20H19N3O6. The number of carbonyl (C=O) groups excluding carboxylic acids is 2. The molecule has 1 saturated heterocycles. The van der Waals surface area contributed by atoms with E-state index < -0.39 is 16.9 Å². The molecule has 3 amide bonds. The van der Waals surface area contributed by atoms with Crippen LogP contribution in [-0.2, 0) is 11.3 Å². The number of nitrogens with one attached hydrogen (secondary N) is 1. The largest absolute Gasteiger partial charge is 0.496 e. The van der Waals surface area contributed by atoms with Crippen molar-refractivity contribution in [3.05, 3.63) is 68.9 Å². The summed E-state index contributed by atoms with van der Waals surface area (Å²) in [5.74, 6) is -0.243. The second-order valence-corrected chi connectivity index (χ2v) is 6.39. The average molecular weight is 397 g/mol. The van der Waals surface area contributed by atoms with Crippen LogP contribution >= 0.6 is 0 Å². The van der Waals surface area contributed by atoms with E-state index >= 15 is 0 Å². The Morgan fingerprint density at radius 3 is 2.48 bits per heavy atom. The first kappa shape index (κ1) is 19.9. The average Bonchev–Trinajstić information content (AvgIpc) is 2.95. The number of nitro benzene ring substituents is 1. The molecule has 0 bridgehead atoms. The van der Waals surface area contributed by atoms with Crippen molar-refractivity contribution in [1.29, 1.82) is 0 Å². The highest BCUT2D eigenvalue weighted by Gasteiger charge is 2.34. The van der Waals surface area contributed by atoms with E-state index in [-0.39, 0.29) is 35.0 Å². The molecule has 9 heteroatoms. The maximum Gasteiger partial charge on any atom is 0.329 e. The van der Waals surface area contributed by atoms with Gasteiger partial charge in [0.15, 0.2) is 0 Å². The number of nitro groups is 1. The van der Waals surface area contributed by atoms with Crippen molar-refractivity contribution in [2.45, 2.75) is 13.5 Å². The van der Waals surface area contributed by atoms with Gasteiger partial charge in [0.2, 0.25) is 5.75 Å². The standard InChI is InChI=1S/C20H19N3O6/c1-12-5-4-6-13(7-12)11-22-19(24)15(21-20(22)25)8-14-9-16(23(26)27)18(29-3)10-17(14)28-2/h4-10H,11H2,1-3H3,(H,21,25)/b15-8+. The molecule has 1 aliphatic rings. The van der Waals surface area contributed by atoms with Crippen LogP contribution in [0.4, 0.5) is 10.5 Å². The summed E-state index contributed by atoms with van der Waals surface area (Å²) >= 11 is 0. The van der Waals surface area contributed by atoms with Gasteiger partial charge >= 0.3 is 11.7 Å². The lowest BCUT2D eigenvalue weighted by atomic mass is 10.1. The molecule has 9 nitrogen and oxygen atoms in total. The monoisotopic (exact) mass is 397 g/mol. The van der Waals surface area contributed by atoms with Crippen LogP contribution in [0.1, 0.15) is 16.7 Å². The summed E-state index contributed by atoms with van der Waals surface area (Å²) in [6.07, 6.45) is 1.35. The first-order valence-electron chi connectivity index (χ1n) is 8.64. The minimum atomic E-state index is -0.598. The third-order valence-corrected chi connectivity index (χ3v) is 4.41. The van der Waals surface area contributed by atoms with Gasteiger partial charge in [0.1, 0.15) is 11.4 Å². The molecular weight excluding hydrogens is 378 g/mol. The van der Waals surface area contributed by atoms with Gasteiger partial charge in [0.25, 0.3) is 5.91 Å². The summed E-state index contributed by atoms with van der Waals surface area (Å²) in [7, 11) is 2.70. The highest BCUT2D eigenvalue weighted by molar-refractivity contribution is 6.14. The zero-order chi connectivity index (χ0) is 21.1. The summed E-state index contributed by atoms with van der Waals surface area (Å²) < 4.78 is 10.3. The number of hydrogen-bond acceptors (Lipinski definition) is 6. The Hall–Kier alpha value is -3.88. The van der Waals surface area contributed by atoms with Crippen molar-refractivity contribution in [3.63, 3.8) is 0 Å². The lowest BCUT2D eigenvalue weighted by molar-refractivity contribution is -0.385. The molecule has 1 fully saturated rings. The summed E-state index contributed by atoms with van der Waals surface area (Å²) in [6.45, 7) is 2.03. The molecule has 2 aromatic carbocycles. The zero-order valence-corrected chi connectivity index (χ0v) is 16.1. The molecule has 0 spiro atoms. The minimum Gasteiger partial charge on any atom is -0.496 e. The Kier molecular flexibility index (Phi) is 5.49. The number of urea groups is 1. The number of ether oxygens (including phenoxy) is 2. The van der Waals surface area contributed by atoms with E-state index in [1.165, 1.54) is 32.4 Å². The van der Waals surface area contributed by atoms with Crippen LogP contribution in [0.15, 0.2) is 42.1 Å². The maximum atomic E-state index is 12.7. The Morgan fingerprint density at radius 2 is 1.86 bits per heavy atom. The zero-order valence-electron chi connectivity index (χ0n) is 16.1. The fraction of sp³-hybridized carbons (Fsp3) is 0.200. The second-order valence-electron chi connectivity index (χ2n) is 6.39. The second kappa shape index (κ2) is 8.01. The molecule has 1 heterocycles. The Balaban J connectivity index is 1.95. The molecule has 0 unspecified atom stereocenters. The number of hydrogen-bond donors (Lipinski definition) is 1.